The van der Waals surface area contributed by atoms with Crippen molar-refractivity contribution in [1.82, 2.24) is 39.1 Å². The lowest BCUT2D eigenvalue weighted by molar-refractivity contribution is -0.592. The molecule has 1 aliphatic carbocycles. The summed E-state index contributed by atoms with van der Waals surface area (Å²) in [4.78, 5) is 8.32. The zero-order valence-electron chi connectivity index (χ0n) is 31.6. The number of hydrogen-bond acceptors (Lipinski definition) is 7. The zero-order valence-corrected chi connectivity index (χ0v) is 33.2. The minimum absolute atomic E-state index is 0.0614. The summed E-state index contributed by atoms with van der Waals surface area (Å²) in [5, 5.41) is 44.8. The fourth-order valence-corrected chi connectivity index (χ4v) is 8.42. The van der Waals surface area contributed by atoms with E-state index in [9.17, 15) is 15.3 Å². The van der Waals surface area contributed by atoms with Crippen LogP contribution in [0.15, 0.2) is 72.8 Å². The van der Waals surface area contributed by atoms with Crippen LogP contribution in [-0.4, -0.2) is 60.0 Å². The van der Waals surface area contributed by atoms with Gasteiger partial charge in [0, 0.05) is 22.5 Å². The van der Waals surface area contributed by atoms with Crippen molar-refractivity contribution in [2.75, 3.05) is 0 Å². The van der Waals surface area contributed by atoms with E-state index in [1.54, 1.807) is 11.5 Å². The summed E-state index contributed by atoms with van der Waals surface area (Å²) >= 11 is 11.9. The molecule has 282 valence electrons. The number of allylic oxidation sites excluding steroid dienone is 1. The first-order chi connectivity index (χ1) is 26.3. The molecule has 2 atom stereocenters. The highest BCUT2D eigenvalue weighted by Gasteiger charge is 2.34. The quantitative estimate of drug-likeness (QED) is 0.0641. The molecule has 8 rings (SSSR count). The molecule has 4 aromatic heterocycles. The van der Waals surface area contributed by atoms with Crippen LogP contribution in [0.25, 0.3) is 50.3 Å². The maximum Gasteiger partial charge on any atom is 0.331 e. The van der Waals surface area contributed by atoms with E-state index in [4.69, 9.17) is 29.4 Å². The third-order valence-corrected chi connectivity index (χ3v) is 11.8. The molecule has 0 aliphatic heterocycles. The van der Waals surface area contributed by atoms with Crippen molar-refractivity contribution in [3.63, 3.8) is 0 Å². The number of rotatable bonds is 9. The molecule has 0 saturated heterocycles. The Morgan fingerprint density at radius 1 is 1.02 bits per heavy atom. The predicted molar refractivity (Wildman–Crippen MR) is 219 cm³/mol. The number of imidazole rings is 1. The van der Waals surface area contributed by atoms with Gasteiger partial charge in [0.15, 0.2) is 10.6 Å². The molecule has 1 aliphatic rings. The maximum atomic E-state index is 11.0. The molecule has 2 unspecified atom stereocenters. The topological polar surface area (TPSA) is 153 Å². The van der Waals surface area contributed by atoms with Gasteiger partial charge < -0.3 is 24.9 Å². The van der Waals surface area contributed by atoms with Crippen LogP contribution in [0.2, 0.25) is 0 Å². The standard InChI is InChI=1S/C41H43N9O3S2/c1-7-25-17-28(22(3)16-34(25)51)38-46-48(40(55)49(38)27-12-13-31-29(19-27)23(4)24(5)43-31)15-14-47-21-42-36-32(47)10-9-11-33(36)50-37(44-45-39(50)54)30-18-26(8-2)41(6,53)20-35(30)52/h9-13,16-21,26,43,53H,7-8,14-15H2,1-6H3,(H3,45,46,51,52,54)/p+1. The molecular formula is C41H44N9O3S2+. The van der Waals surface area contributed by atoms with Crippen molar-refractivity contribution >= 4 is 51.9 Å². The largest absolute Gasteiger partial charge is 0.508 e. The van der Waals surface area contributed by atoms with E-state index in [0.717, 1.165) is 50.3 Å². The number of H-pyrrole nitrogens is 3. The maximum absolute atomic E-state index is 11.0. The van der Waals surface area contributed by atoms with Gasteiger partial charge in [0.2, 0.25) is 0 Å². The van der Waals surface area contributed by atoms with Gasteiger partial charge in [0.05, 0.1) is 40.8 Å². The summed E-state index contributed by atoms with van der Waals surface area (Å²) in [5.41, 5.74) is 8.68. The molecule has 6 N–H and O–H groups in total. The molecule has 55 heavy (non-hydrogen) atoms. The van der Waals surface area contributed by atoms with Crippen LogP contribution in [0.5, 0.6) is 5.75 Å². The van der Waals surface area contributed by atoms with E-state index in [2.05, 4.69) is 61.5 Å². The Kier molecular flexibility index (Phi) is 9.02. The highest BCUT2D eigenvalue weighted by atomic mass is 32.1. The molecule has 0 fully saturated rings. The number of nitrogens with zero attached hydrogens (tertiary/aromatic N) is 6. The van der Waals surface area contributed by atoms with Crippen LogP contribution in [0.1, 0.15) is 55.4 Å². The summed E-state index contributed by atoms with van der Waals surface area (Å²) in [6.07, 6.45) is 6.50. The predicted octanol–water partition coefficient (Wildman–Crippen LogP) is 8.07. The molecular weight excluding hydrogens is 731 g/mol. The Morgan fingerprint density at radius 3 is 2.58 bits per heavy atom. The van der Waals surface area contributed by atoms with E-state index in [1.807, 2.05) is 68.2 Å². The molecule has 4 heterocycles. The highest BCUT2D eigenvalue weighted by molar-refractivity contribution is 7.71. The number of aliphatic hydroxyl groups is 2. The lowest BCUT2D eigenvalue weighted by atomic mass is 9.80. The first-order valence-electron chi connectivity index (χ1n) is 18.5. The van der Waals surface area contributed by atoms with Gasteiger partial charge in [-0.25, -0.2) is 4.98 Å². The van der Waals surface area contributed by atoms with Crippen molar-refractivity contribution in [3.8, 4) is 28.5 Å². The molecule has 0 spiro atoms. The monoisotopic (exact) mass is 774 g/mol. The smallest absolute Gasteiger partial charge is 0.331 e. The van der Waals surface area contributed by atoms with Crippen molar-refractivity contribution in [2.24, 2.45) is 5.92 Å². The number of phenols is 1. The average Bonchev–Trinajstić information content (AvgIpc) is 3.90. The number of phenolic OH excluding ortho intramolecular Hbond substituents is 1. The van der Waals surface area contributed by atoms with E-state index in [-0.39, 0.29) is 17.4 Å². The number of fused-ring (bicyclic) bond motifs is 2. The van der Waals surface area contributed by atoms with Crippen molar-refractivity contribution < 1.29 is 19.9 Å². The van der Waals surface area contributed by atoms with E-state index in [1.165, 1.54) is 11.6 Å². The second kappa shape index (κ2) is 13.6. The van der Waals surface area contributed by atoms with Crippen molar-refractivity contribution in [3.05, 3.63) is 111 Å². The van der Waals surface area contributed by atoms with Crippen LogP contribution < -0.4 is 4.57 Å². The normalized spacial score (nSPS) is 17.3. The van der Waals surface area contributed by atoms with Gasteiger partial charge in [0.1, 0.15) is 29.3 Å². The van der Waals surface area contributed by atoms with Gasteiger partial charge in [-0.15, -0.1) is 4.68 Å². The number of aliphatic hydroxyl groups excluding tert-OH is 1. The third-order valence-electron chi connectivity index (χ3n) is 11.1. The first-order valence-corrected chi connectivity index (χ1v) is 19.3. The molecule has 14 heteroatoms. The van der Waals surface area contributed by atoms with Crippen molar-refractivity contribution in [2.45, 2.75) is 73.1 Å². The second-order valence-corrected chi connectivity index (χ2v) is 15.4. The minimum Gasteiger partial charge on any atom is -0.508 e. The van der Waals surface area contributed by atoms with Crippen LogP contribution >= 0.6 is 24.4 Å². The number of aromatic nitrogens is 9. The molecule has 7 aromatic rings. The summed E-state index contributed by atoms with van der Waals surface area (Å²) in [6, 6.07) is 16.1. The van der Waals surface area contributed by atoms with Crippen LogP contribution in [0.4, 0.5) is 0 Å². The first kappa shape index (κ1) is 36.4. The summed E-state index contributed by atoms with van der Waals surface area (Å²) in [6.45, 7) is 13.0. The lowest BCUT2D eigenvalue weighted by Crippen LogP contribution is -2.34. The Morgan fingerprint density at radius 2 is 1.82 bits per heavy atom. The Bertz CT molecular complexity index is 2840. The van der Waals surface area contributed by atoms with E-state index >= 15 is 0 Å². The number of hydrogen-bond donors (Lipinski definition) is 6. The van der Waals surface area contributed by atoms with E-state index < -0.39 is 5.60 Å². The fourth-order valence-electron chi connectivity index (χ4n) is 7.86. The molecule has 0 bridgehead atoms. The van der Waals surface area contributed by atoms with Gasteiger partial charge in [-0.3, -0.25) is 9.67 Å². The van der Waals surface area contributed by atoms with E-state index in [0.29, 0.717) is 58.1 Å². The molecule has 0 amide bonds. The average molecular weight is 775 g/mol. The number of aromatic amines is 3. The van der Waals surface area contributed by atoms with Crippen LogP contribution in [-0.2, 0) is 19.5 Å². The number of aryl methyl sites for hydroxylation is 6. The van der Waals surface area contributed by atoms with Crippen molar-refractivity contribution in [1.29, 1.82) is 0 Å². The van der Waals surface area contributed by atoms with Gasteiger partial charge >= 0.3 is 4.77 Å². The molecule has 0 radical (unpaired) electrons. The summed E-state index contributed by atoms with van der Waals surface area (Å²) < 4.78 is 8.87. The van der Waals surface area contributed by atoms with Gasteiger partial charge in [-0.2, -0.15) is 14.8 Å². The third kappa shape index (κ3) is 6.04. The fraction of sp³-hybridized carbons (Fsp3) is 0.293. The molecule has 0 saturated carbocycles. The molecule has 12 nitrogen and oxygen atoms in total. The highest BCUT2D eigenvalue weighted by Crippen LogP contribution is 2.37. The SMILES string of the molecule is CCc1cc(-c2[nH]n(CCn3cnc4c(-n5c(C6=CC(CC)C(C)(O)C=C6O)n[nH]c5=S)cccc43)c(=S)[n+]2-c2ccc3[nH]c(C)c(C)c3c2)c(C)cc1O. The number of benzene rings is 3. The lowest BCUT2D eigenvalue weighted by Gasteiger charge is -2.31. The van der Waals surface area contributed by atoms with Crippen LogP contribution in [0, 0.1) is 36.2 Å². The number of para-hydroxylation sites is 1. The van der Waals surface area contributed by atoms with Crippen LogP contribution in [0.3, 0.4) is 0 Å². The summed E-state index contributed by atoms with van der Waals surface area (Å²) in [7, 11) is 0. The Balaban J connectivity index is 1.19. The van der Waals surface area contributed by atoms with Gasteiger partial charge in [-0.1, -0.05) is 26.0 Å². The summed E-state index contributed by atoms with van der Waals surface area (Å²) in [5.74, 6) is 1.26. The number of nitrogens with one attached hydrogen (secondary N) is 3. The zero-order chi connectivity index (χ0) is 38.9. The Hall–Kier alpha value is -5.57. The minimum atomic E-state index is -1.18. The Labute approximate surface area is 327 Å². The molecule has 3 aromatic carbocycles. The number of aromatic hydroxyl groups is 1. The van der Waals surface area contributed by atoms with Gasteiger partial charge in [0.25, 0.3) is 5.82 Å². The second-order valence-electron chi connectivity index (χ2n) is 14.6. The van der Waals surface area contributed by atoms with Gasteiger partial charge in [-0.05, 0) is 130 Å².